The van der Waals surface area contributed by atoms with Gasteiger partial charge in [-0.25, -0.2) is 0 Å². The summed E-state index contributed by atoms with van der Waals surface area (Å²) in [5, 5.41) is 4.21. The van der Waals surface area contributed by atoms with Gasteiger partial charge in [-0.1, -0.05) is 13.8 Å². The van der Waals surface area contributed by atoms with Crippen molar-refractivity contribution in [1.82, 2.24) is 9.78 Å². The summed E-state index contributed by atoms with van der Waals surface area (Å²) in [6.07, 6.45) is 0.803. The number of carbonyl (C=O) groups excluding carboxylic acids is 1. The first kappa shape index (κ1) is 14.5. The number of anilines is 1. The van der Waals surface area contributed by atoms with Crippen LogP contribution in [0.3, 0.4) is 0 Å². The molecule has 1 atom stereocenters. The number of aromatic nitrogens is 2. The monoisotopic (exact) mass is 253 g/mol. The maximum absolute atomic E-state index is 11.8. The molecule has 1 aromatic rings. The first-order valence-electron chi connectivity index (χ1n) is 6.30. The Morgan fingerprint density at radius 2 is 2.00 bits per heavy atom. The smallest absolute Gasteiger partial charge is 0.328 e. The Morgan fingerprint density at radius 3 is 2.44 bits per heavy atom. The number of carbonyl (C=O) groups is 1. The first-order chi connectivity index (χ1) is 8.31. The van der Waals surface area contributed by atoms with E-state index in [2.05, 4.69) is 18.9 Å². The zero-order valence-corrected chi connectivity index (χ0v) is 11.9. The van der Waals surface area contributed by atoms with Gasteiger partial charge < -0.3 is 10.5 Å². The molecule has 5 nitrogen and oxygen atoms in total. The fourth-order valence-electron chi connectivity index (χ4n) is 1.96. The predicted octanol–water partition coefficient (Wildman–Crippen LogP) is 2.06. The lowest BCUT2D eigenvalue weighted by atomic mass is 10.1. The molecule has 0 aromatic carbocycles. The Hall–Kier alpha value is -1.52. The molecular formula is C13H23N3O2. The molecular weight excluding hydrogens is 230 g/mol. The minimum Gasteiger partial charge on any atom is -0.461 e. The maximum atomic E-state index is 11.8. The van der Waals surface area contributed by atoms with Crippen molar-refractivity contribution in [2.75, 3.05) is 5.73 Å². The van der Waals surface area contributed by atoms with Crippen molar-refractivity contribution in [1.29, 1.82) is 0 Å². The van der Waals surface area contributed by atoms with E-state index in [4.69, 9.17) is 10.5 Å². The molecule has 5 heteroatoms. The van der Waals surface area contributed by atoms with E-state index in [-0.39, 0.29) is 18.6 Å². The zero-order valence-electron chi connectivity index (χ0n) is 11.9. The zero-order chi connectivity index (χ0) is 13.9. The molecule has 0 aliphatic heterocycles. The van der Waals surface area contributed by atoms with Crippen LogP contribution in [0.5, 0.6) is 0 Å². The number of hydrogen-bond acceptors (Lipinski definition) is 4. The molecule has 0 saturated heterocycles. The van der Waals surface area contributed by atoms with Gasteiger partial charge in [0.05, 0.1) is 23.2 Å². The number of nitrogen functional groups attached to an aromatic ring is 1. The minimum atomic E-state index is -0.270. The molecule has 0 fully saturated rings. The topological polar surface area (TPSA) is 70.1 Å². The highest BCUT2D eigenvalue weighted by atomic mass is 16.5. The Balaban J connectivity index is 2.57. The van der Waals surface area contributed by atoms with Gasteiger partial charge in [-0.3, -0.25) is 9.48 Å². The van der Waals surface area contributed by atoms with Crippen molar-refractivity contribution in [3.63, 3.8) is 0 Å². The van der Waals surface area contributed by atoms with Crippen molar-refractivity contribution in [3.8, 4) is 0 Å². The average molecular weight is 253 g/mol. The highest BCUT2D eigenvalue weighted by molar-refractivity contribution is 5.69. The van der Waals surface area contributed by atoms with Gasteiger partial charge in [0, 0.05) is 0 Å². The number of nitrogens with zero attached hydrogens (tertiary/aromatic N) is 2. The third-order valence-corrected chi connectivity index (χ3v) is 2.85. The summed E-state index contributed by atoms with van der Waals surface area (Å²) >= 11 is 0. The van der Waals surface area contributed by atoms with Crippen LogP contribution in [0.25, 0.3) is 0 Å². The van der Waals surface area contributed by atoms with Crippen LogP contribution in [-0.2, 0) is 16.1 Å². The highest BCUT2D eigenvalue weighted by Crippen LogP contribution is 2.15. The van der Waals surface area contributed by atoms with Crippen LogP contribution in [-0.4, -0.2) is 21.9 Å². The molecule has 1 rings (SSSR count). The third-order valence-electron chi connectivity index (χ3n) is 2.85. The van der Waals surface area contributed by atoms with E-state index >= 15 is 0 Å². The summed E-state index contributed by atoms with van der Waals surface area (Å²) in [4.78, 5) is 11.8. The summed E-state index contributed by atoms with van der Waals surface area (Å²) in [5.41, 5.74) is 8.00. The van der Waals surface area contributed by atoms with E-state index in [1.165, 1.54) is 0 Å². The number of hydrogen-bond donors (Lipinski definition) is 1. The van der Waals surface area contributed by atoms with Crippen LogP contribution in [0.2, 0.25) is 0 Å². The van der Waals surface area contributed by atoms with E-state index in [0.717, 1.165) is 17.8 Å². The van der Waals surface area contributed by atoms with Crippen LogP contribution >= 0.6 is 0 Å². The quantitative estimate of drug-likeness (QED) is 0.815. The normalized spacial score (nSPS) is 12.8. The van der Waals surface area contributed by atoms with Crippen molar-refractivity contribution >= 4 is 11.7 Å². The minimum absolute atomic E-state index is 0.0631. The van der Waals surface area contributed by atoms with Crippen LogP contribution < -0.4 is 5.73 Å². The van der Waals surface area contributed by atoms with Gasteiger partial charge in [-0.15, -0.1) is 0 Å². The molecule has 2 N–H and O–H groups in total. The Morgan fingerprint density at radius 1 is 1.39 bits per heavy atom. The van der Waals surface area contributed by atoms with Gasteiger partial charge in [0.2, 0.25) is 0 Å². The molecule has 0 spiro atoms. The molecule has 1 heterocycles. The summed E-state index contributed by atoms with van der Waals surface area (Å²) in [6.45, 7) is 9.91. The summed E-state index contributed by atoms with van der Waals surface area (Å²) < 4.78 is 6.92. The average Bonchev–Trinajstić information content (AvgIpc) is 2.44. The van der Waals surface area contributed by atoms with Crippen molar-refractivity contribution in [2.45, 2.75) is 53.7 Å². The van der Waals surface area contributed by atoms with Crippen molar-refractivity contribution in [2.24, 2.45) is 5.92 Å². The number of nitrogens with two attached hydrogens (primary N) is 1. The molecule has 1 unspecified atom stereocenters. The van der Waals surface area contributed by atoms with Crippen LogP contribution in [0, 0.1) is 19.8 Å². The van der Waals surface area contributed by atoms with Crippen molar-refractivity contribution in [3.05, 3.63) is 11.4 Å². The van der Waals surface area contributed by atoms with Gasteiger partial charge >= 0.3 is 5.97 Å². The van der Waals surface area contributed by atoms with E-state index in [1.807, 2.05) is 20.8 Å². The second kappa shape index (κ2) is 5.89. The maximum Gasteiger partial charge on any atom is 0.328 e. The molecule has 0 bridgehead atoms. The number of esters is 1. The predicted molar refractivity (Wildman–Crippen MR) is 71.1 cm³/mol. The summed E-state index contributed by atoms with van der Waals surface area (Å²) in [7, 11) is 0. The van der Waals surface area contributed by atoms with E-state index in [9.17, 15) is 4.79 Å². The Labute approximate surface area is 108 Å². The lowest BCUT2D eigenvalue weighted by Gasteiger charge is -2.15. The fraction of sp³-hybridized carbons (Fsp3) is 0.692. The molecule has 1 aromatic heterocycles. The van der Waals surface area contributed by atoms with Crippen molar-refractivity contribution < 1.29 is 9.53 Å². The number of ether oxygens (including phenoxy) is 1. The van der Waals surface area contributed by atoms with Gasteiger partial charge in [-0.05, 0) is 33.1 Å². The standard InChI is InChI=1S/C13H23N3O2/c1-8(2)6-9(3)18-12(17)7-16-11(5)13(14)10(4)15-16/h8-9H,6-7,14H2,1-5H3. The first-order valence-corrected chi connectivity index (χ1v) is 6.30. The van der Waals surface area contributed by atoms with E-state index < -0.39 is 0 Å². The fourth-order valence-corrected chi connectivity index (χ4v) is 1.96. The lowest BCUT2D eigenvalue weighted by Crippen LogP contribution is -2.21. The molecule has 0 radical (unpaired) electrons. The van der Waals surface area contributed by atoms with Crippen LogP contribution in [0.15, 0.2) is 0 Å². The largest absolute Gasteiger partial charge is 0.461 e. The molecule has 0 amide bonds. The molecule has 0 aliphatic rings. The van der Waals surface area contributed by atoms with E-state index in [0.29, 0.717) is 11.6 Å². The second-order valence-corrected chi connectivity index (χ2v) is 5.17. The Bertz CT molecular complexity index is 424. The van der Waals surface area contributed by atoms with Crippen LogP contribution in [0.4, 0.5) is 5.69 Å². The Kier molecular flexibility index (Phi) is 4.76. The number of rotatable bonds is 5. The van der Waals surface area contributed by atoms with Crippen LogP contribution in [0.1, 0.15) is 38.6 Å². The van der Waals surface area contributed by atoms with Gasteiger partial charge in [0.1, 0.15) is 6.54 Å². The SMILES string of the molecule is Cc1nn(CC(=O)OC(C)CC(C)C)c(C)c1N. The van der Waals surface area contributed by atoms with Gasteiger partial charge in [0.25, 0.3) is 0 Å². The molecule has 102 valence electrons. The van der Waals surface area contributed by atoms with Gasteiger partial charge in [-0.2, -0.15) is 5.10 Å². The summed E-state index contributed by atoms with van der Waals surface area (Å²) in [5.74, 6) is 0.242. The molecule has 0 aliphatic carbocycles. The van der Waals surface area contributed by atoms with Gasteiger partial charge in [0.15, 0.2) is 0 Å². The lowest BCUT2D eigenvalue weighted by molar-refractivity contribution is -0.149. The third kappa shape index (κ3) is 3.75. The second-order valence-electron chi connectivity index (χ2n) is 5.17. The molecule has 0 saturated carbocycles. The summed E-state index contributed by atoms with van der Waals surface area (Å²) in [6, 6.07) is 0. The highest BCUT2D eigenvalue weighted by Gasteiger charge is 2.15. The molecule has 18 heavy (non-hydrogen) atoms. The number of aryl methyl sites for hydroxylation is 1. The van der Waals surface area contributed by atoms with E-state index in [1.54, 1.807) is 4.68 Å².